The van der Waals surface area contributed by atoms with Crippen molar-refractivity contribution in [2.75, 3.05) is 25.9 Å². The molecule has 1 aromatic carbocycles. The number of thiophene rings is 1. The fourth-order valence-corrected chi connectivity index (χ4v) is 4.79. The zero-order valence-corrected chi connectivity index (χ0v) is 17.5. The van der Waals surface area contributed by atoms with Gasteiger partial charge in [-0.2, -0.15) is 0 Å². The molecule has 2 aromatic heterocycles. The van der Waals surface area contributed by atoms with E-state index in [0.717, 1.165) is 31.3 Å². The van der Waals surface area contributed by atoms with Gasteiger partial charge in [0.2, 0.25) is 5.95 Å². The molecule has 1 aliphatic rings. The van der Waals surface area contributed by atoms with Crippen LogP contribution in [-0.4, -0.2) is 47.0 Å². The Balaban J connectivity index is 1.68. The Morgan fingerprint density at radius 1 is 1.25 bits per heavy atom. The summed E-state index contributed by atoms with van der Waals surface area (Å²) >= 11 is 13.7. The average molecular weight is 436 g/mol. The number of fused-ring (bicyclic) bond motifs is 1. The van der Waals surface area contributed by atoms with Crippen LogP contribution in [0, 0.1) is 0 Å². The van der Waals surface area contributed by atoms with Crippen LogP contribution in [0.2, 0.25) is 10.0 Å². The Morgan fingerprint density at radius 2 is 2.00 bits per heavy atom. The van der Waals surface area contributed by atoms with Gasteiger partial charge in [-0.15, -0.1) is 11.3 Å². The molecule has 6 nitrogen and oxygen atoms in total. The van der Waals surface area contributed by atoms with E-state index in [1.807, 2.05) is 6.07 Å². The molecular formula is C19H19Cl2N5OS. The Labute approximate surface area is 176 Å². The number of halogens is 2. The predicted molar refractivity (Wildman–Crippen MR) is 115 cm³/mol. The van der Waals surface area contributed by atoms with Crippen LogP contribution in [0.1, 0.15) is 22.5 Å². The molecule has 0 aliphatic carbocycles. The molecule has 1 saturated heterocycles. The number of nitrogens with one attached hydrogen (secondary N) is 1. The van der Waals surface area contributed by atoms with Gasteiger partial charge in [0, 0.05) is 22.0 Å². The molecular weight excluding hydrogens is 417 g/mol. The van der Waals surface area contributed by atoms with Gasteiger partial charge < -0.3 is 16.0 Å². The van der Waals surface area contributed by atoms with Crippen LogP contribution in [0.5, 0.6) is 0 Å². The standard InChI is InChI=1S/C19H19Cl2N5OS/c1-26-6-4-11(5-7-26)23-17(27)15-9-13-16(24-19(22)25-18(13)28-15)12-3-2-10(20)8-14(12)21/h2-3,8-9,11H,4-7H2,1H3,(H,23,27)(H2,22,24,25). The number of nitrogens with zero attached hydrogens (tertiary/aromatic N) is 3. The maximum Gasteiger partial charge on any atom is 0.261 e. The number of piperidine rings is 1. The quantitative estimate of drug-likeness (QED) is 0.647. The van der Waals surface area contributed by atoms with Crippen molar-refractivity contribution in [2.24, 2.45) is 0 Å². The van der Waals surface area contributed by atoms with Gasteiger partial charge in [0.1, 0.15) is 4.83 Å². The number of carbonyl (C=O) groups is 1. The number of anilines is 1. The van der Waals surface area contributed by atoms with Crippen molar-refractivity contribution in [2.45, 2.75) is 18.9 Å². The van der Waals surface area contributed by atoms with E-state index in [1.165, 1.54) is 11.3 Å². The summed E-state index contributed by atoms with van der Waals surface area (Å²) in [6.07, 6.45) is 1.90. The summed E-state index contributed by atoms with van der Waals surface area (Å²) in [6, 6.07) is 7.19. The number of benzene rings is 1. The number of carbonyl (C=O) groups excluding carboxylic acids is 1. The van der Waals surface area contributed by atoms with Gasteiger partial charge in [-0.1, -0.05) is 23.2 Å². The second kappa shape index (κ2) is 7.83. The number of amides is 1. The average Bonchev–Trinajstić information content (AvgIpc) is 3.07. The number of hydrogen-bond acceptors (Lipinski definition) is 6. The molecule has 0 radical (unpaired) electrons. The largest absolute Gasteiger partial charge is 0.368 e. The van der Waals surface area contributed by atoms with E-state index in [2.05, 4.69) is 27.2 Å². The fraction of sp³-hybridized carbons (Fsp3) is 0.316. The van der Waals surface area contributed by atoms with Crippen LogP contribution in [0.15, 0.2) is 24.3 Å². The van der Waals surface area contributed by atoms with Crippen molar-refractivity contribution in [1.29, 1.82) is 0 Å². The van der Waals surface area contributed by atoms with Gasteiger partial charge in [-0.3, -0.25) is 4.79 Å². The third-order valence-electron chi connectivity index (χ3n) is 4.87. The van der Waals surface area contributed by atoms with Crippen LogP contribution in [0.3, 0.4) is 0 Å². The van der Waals surface area contributed by atoms with Crippen LogP contribution >= 0.6 is 34.5 Å². The smallest absolute Gasteiger partial charge is 0.261 e. The lowest BCUT2D eigenvalue weighted by atomic mass is 10.1. The molecule has 0 unspecified atom stereocenters. The van der Waals surface area contributed by atoms with E-state index < -0.39 is 0 Å². The van der Waals surface area contributed by atoms with Crippen molar-refractivity contribution < 1.29 is 4.79 Å². The minimum Gasteiger partial charge on any atom is -0.368 e. The molecule has 0 spiro atoms. The molecule has 28 heavy (non-hydrogen) atoms. The van der Waals surface area contributed by atoms with Crippen LogP contribution < -0.4 is 11.1 Å². The van der Waals surface area contributed by atoms with Gasteiger partial charge in [0.15, 0.2) is 0 Å². The lowest BCUT2D eigenvalue weighted by molar-refractivity contribution is 0.0921. The Morgan fingerprint density at radius 3 is 2.71 bits per heavy atom. The SMILES string of the molecule is CN1CCC(NC(=O)c2cc3c(-c4ccc(Cl)cc4Cl)nc(N)nc3s2)CC1. The monoisotopic (exact) mass is 435 g/mol. The van der Waals surface area contributed by atoms with E-state index in [0.29, 0.717) is 31.0 Å². The lowest BCUT2D eigenvalue weighted by Gasteiger charge is -2.29. The molecule has 0 saturated carbocycles. The summed E-state index contributed by atoms with van der Waals surface area (Å²) in [5, 5.41) is 4.88. The maximum atomic E-state index is 12.8. The minimum absolute atomic E-state index is 0.0933. The molecule has 0 bridgehead atoms. The second-order valence-electron chi connectivity index (χ2n) is 6.94. The molecule has 3 aromatic rings. The number of hydrogen-bond donors (Lipinski definition) is 2. The normalized spacial score (nSPS) is 15.8. The van der Waals surface area contributed by atoms with Gasteiger partial charge in [-0.05, 0) is 57.2 Å². The minimum atomic E-state index is -0.0933. The number of aromatic nitrogens is 2. The van der Waals surface area contributed by atoms with E-state index in [4.69, 9.17) is 28.9 Å². The molecule has 1 amide bonds. The first-order valence-electron chi connectivity index (χ1n) is 8.92. The van der Waals surface area contributed by atoms with Crippen molar-refractivity contribution in [3.63, 3.8) is 0 Å². The summed E-state index contributed by atoms with van der Waals surface area (Å²) in [6.45, 7) is 1.97. The van der Waals surface area contributed by atoms with E-state index in [9.17, 15) is 4.79 Å². The molecule has 9 heteroatoms. The van der Waals surface area contributed by atoms with Gasteiger partial charge in [0.05, 0.1) is 15.6 Å². The molecule has 3 heterocycles. The first kappa shape index (κ1) is 19.4. The van der Waals surface area contributed by atoms with Gasteiger partial charge in [-0.25, -0.2) is 9.97 Å². The van der Waals surface area contributed by atoms with E-state index >= 15 is 0 Å². The highest BCUT2D eigenvalue weighted by molar-refractivity contribution is 7.20. The fourth-order valence-electron chi connectivity index (χ4n) is 3.35. The summed E-state index contributed by atoms with van der Waals surface area (Å²) in [7, 11) is 2.09. The molecule has 0 atom stereocenters. The van der Waals surface area contributed by atoms with Crippen molar-refractivity contribution in [3.05, 3.63) is 39.2 Å². The highest BCUT2D eigenvalue weighted by atomic mass is 35.5. The highest BCUT2D eigenvalue weighted by Crippen LogP contribution is 2.36. The van der Waals surface area contributed by atoms with Crippen LogP contribution in [0.25, 0.3) is 21.5 Å². The van der Waals surface area contributed by atoms with E-state index in [-0.39, 0.29) is 17.9 Å². The lowest BCUT2D eigenvalue weighted by Crippen LogP contribution is -2.43. The third kappa shape index (κ3) is 3.93. The number of likely N-dealkylation sites (tertiary alicyclic amines) is 1. The summed E-state index contributed by atoms with van der Waals surface area (Å²) in [4.78, 5) is 24.9. The summed E-state index contributed by atoms with van der Waals surface area (Å²) in [5.74, 6) is 0.0434. The predicted octanol–water partition coefficient (Wildman–Crippen LogP) is 4.07. The molecule has 3 N–H and O–H groups in total. The Kier molecular flexibility index (Phi) is 5.42. The Hall–Kier alpha value is -1.93. The zero-order valence-electron chi connectivity index (χ0n) is 15.2. The summed E-state index contributed by atoms with van der Waals surface area (Å²) < 4.78 is 0. The van der Waals surface area contributed by atoms with E-state index in [1.54, 1.807) is 18.2 Å². The molecule has 146 valence electrons. The summed E-state index contributed by atoms with van der Waals surface area (Å²) in [5.41, 5.74) is 7.20. The zero-order chi connectivity index (χ0) is 19.8. The van der Waals surface area contributed by atoms with Gasteiger partial charge in [0.25, 0.3) is 5.91 Å². The molecule has 1 aliphatic heterocycles. The number of rotatable bonds is 3. The molecule has 1 fully saturated rings. The second-order valence-corrected chi connectivity index (χ2v) is 8.81. The topological polar surface area (TPSA) is 84.1 Å². The van der Waals surface area contributed by atoms with Crippen LogP contribution in [-0.2, 0) is 0 Å². The Bertz CT molecular complexity index is 1050. The van der Waals surface area contributed by atoms with Gasteiger partial charge >= 0.3 is 0 Å². The van der Waals surface area contributed by atoms with Crippen LogP contribution in [0.4, 0.5) is 5.95 Å². The van der Waals surface area contributed by atoms with Crippen molar-refractivity contribution >= 4 is 56.6 Å². The molecule has 4 rings (SSSR count). The highest BCUT2D eigenvalue weighted by Gasteiger charge is 2.22. The first-order valence-corrected chi connectivity index (χ1v) is 10.5. The third-order valence-corrected chi connectivity index (χ3v) is 6.45. The van der Waals surface area contributed by atoms with Crippen molar-refractivity contribution in [1.82, 2.24) is 20.2 Å². The first-order chi connectivity index (χ1) is 13.4. The van der Waals surface area contributed by atoms with Crippen molar-refractivity contribution in [3.8, 4) is 11.3 Å². The maximum absolute atomic E-state index is 12.8. The number of nitrogen functional groups attached to an aromatic ring is 1. The number of nitrogens with two attached hydrogens (primary N) is 1.